The fourth-order valence-corrected chi connectivity index (χ4v) is 1.84. The monoisotopic (exact) mass is 339 g/mol. The van der Waals surface area contributed by atoms with Crippen LogP contribution in [-0.4, -0.2) is 27.3 Å². The van der Waals surface area contributed by atoms with Gasteiger partial charge in [-0.2, -0.15) is 10.2 Å². The lowest BCUT2D eigenvalue weighted by atomic mass is 10.2. The predicted octanol–water partition coefficient (Wildman–Crippen LogP) is 0.334. The number of aromatic amines is 2. The van der Waals surface area contributed by atoms with Crippen LogP contribution in [0.1, 0.15) is 17.7 Å². The Morgan fingerprint density at radius 3 is 2.91 bits per heavy atom. The van der Waals surface area contributed by atoms with Crippen molar-refractivity contribution in [3.05, 3.63) is 61.1 Å². The van der Waals surface area contributed by atoms with E-state index in [1.165, 1.54) is 18.2 Å². The van der Waals surface area contributed by atoms with Crippen LogP contribution in [-0.2, 0) is 11.2 Å². The molecule has 3 N–H and O–H groups in total. The molecule has 1 amide bonds. The number of hydrazone groups is 1. The van der Waals surface area contributed by atoms with Gasteiger partial charge >= 0.3 is 5.69 Å². The molecule has 0 saturated heterocycles. The third-order valence-corrected chi connectivity index (χ3v) is 3.08. The number of benzene rings is 1. The summed E-state index contributed by atoms with van der Waals surface area (Å²) in [5.74, 6) is -1.08. The first-order chi connectivity index (χ1) is 11.0. The number of aryl methyl sites for hydroxylation is 1. The Balaban J connectivity index is 1.91. The van der Waals surface area contributed by atoms with Crippen LogP contribution in [0.4, 0.5) is 4.39 Å². The molecule has 2 aromatic rings. The molecule has 2 rings (SSSR count). The Morgan fingerprint density at radius 2 is 2.22 bits per heavy atom. The fraction of sp³-hybridized carbons (Fsp3) is 0.154. The number of halogens is 2. The van der Waals surface area contributed by atoms with Crippen LogP contribution in [0.25, 0.3) is 0 Å². The maximum absolute atomic E-state index is 13.5. The molecule has 10 heteroatoms. The molecule has 0 spiro atoms. The van der Waals surface area contributed by atoms with Gasteiger partial charge in [-0.3, -0.25) is 14.6 Å². The Labute approximate surface area is 133 Å². The van der Waals surface area contributed by atoms with Gasteiger partial charge < -0.3 is 0 Å². The highest BCUT2D eigenvalue weighted by Crippen LogP contribution is 2.16. The van der Waals surface area contributed by atoms with E-state index in [4.69, 9.17) is 11.6 Å². The summed E-state index contributed by atoms with van der Waals surface area (Å²) in [4.78, 5) is 35.8. The Hall–Kier alpha value is -2.81. The lowest BCUT2D eigenvalue weighted by Crippen LogP contribution is -2.28. The van der Waals surface area contributed by atoms with Gasteiger partial charge in [-0.15, -0.1) is 0 Å². The summed E-state index contributed by atoms with van der Waals surface area (Å²) in [5, 5.41) is 9.36. The number of nitrogens with zero attached hydrogens (tertiary/aromatic N) is 2. The van der Waals surface area contributed by atoms with E-state index >= 15 is 0 Å². The summed E-state index contributed by atoms with van der Waals surface area (Å²) < 4.78 is 13.5. The number of nitrogens with one attached hydrogen (secondary N) is 3. The van der Waals surface area contributed by atoms with Crippen molar-refractivity contribution in [2.75, 3.05) is 0 Å². The van der Waals surface area contributed by atoms with Crippen molar-refractivity contribution in [2.45, 2.75) is 12.8 Å². The Bertz CT molecular complexity index is 841. The number of hydrogen-bond donors (Lipinski definition) is 3. The van der Waals surface area contributed by atoms with Gasteiger partial charge in [0.2, 0.25) is 5.91 Å². The van der Waals surface area contributed by atoms with Gasteiger partial charge in [0.05, 0.1) is 11.2 Å². The third-order valence-electron chi connectivity index (χ3n) is 2.75. The van der Waals surface area contributed by atoms with Gasteiger partial charge in [-0.1, -0.05) is 17.7 Å². The predicted molar refractivity (Wildman–Crippen MR) is 80.9 cm³/mol. The zero-order valence-corrected chi connectivity index (χ0v) is 12.4. The van der Waals surface area contributed by atoms with Crippen LogP contribution >= 0.6 is 11.6 Å². The number of H-pyrrole nitrogens is 2. The normalized spacial score (nSPS) is 10.9. The lowest BCUT2D eigenvalue weighted by molar-refractivity contribution is -0.121. The van der Waals surface area contributed by atoms with Gasteiger partial charge in [0.1, 0.15) is 11.5 Å². The molecule has 1 aromatic heterocycles. The molecule has 1 aromatic carbocycles. The average Bonchev–Trinajstić information content (AvgIpc) is 2.49. The van der Waals surface area contributed by atoms with E-state index in [1.807, 2.05) is 4.98 Å². The van der Waals surface area contributed by atoms with E-state index in [1.54, 1.807) is 0 Å². The molecule has 0 unspecified atom stereocenters. The van der Waals surface area contributed by atoms with Gasteiger partial charge in [0, 0.05) is 18.4 Å². The minimum atomic E-state index is -0.727. The van der Waals surface area contributed by atoms with Crippen molar-refractivity contribution < 1.29 is 9.18 Å². The van der Waals surface area contributed by atoms with Crippen LogP contribution in [0, 0.1) is 5.82 Å². The maximum Gasteiger partial charge on any atom is 0.342 e. The third kappa shape index (κ3) is 4.58. The van der Waals surface area contributed by atoms with Crippen molar-refractivity contribution in [2.24, 2.45) is 5.10 Å². The van der Waals surface area contributed by atoms with E-state index in [0.29, 0.717) is 0 Å². The molecule has 0 bridgehead atoms. The first-order valence-corrected chi connectivity index (χ1v) is 6.79. The minimum absolute atomic E-state index is 0.00786. The molecule has 23 heavy (non-hydrogen) atoms. The summed E-state index contributed by atoms with van der Waals surface area (Å²) in [6.45, 7) is 0. The SMILES string of the molecule is O=C(CCc1n[nH]c(=O)[nH]c1=O)NN=Cc1c(F)cccc1Cl. The number of carbonyl (C=O) groups excluding carboxylic acids is 1. The Kier molecular flexibility index (Phi) is 5.36. The van der Waals surface area contributed by atoms with Crippen molar-refractivity contribution in [1.82, 2.24) is 20.6 Å². The molecule has 0 saturated carbocycles. The van der Waals surface area contributed by atoms with Crippen molar-refractivity contribution in [1.29, 1.82) is 0 Å². The zero-order chi connectivity index (χ0) is 16.8. The van der Waals surface area contributed by atoms with E-state index in [-0.39, 0.29) is 29.1 Å². The average molecular weight is 340 g/mol. The molecular weight excluding hydrogens is 329 g/mol. The van der Waals surface area contributed by atoms with Gasteiger partial charge in [-0.05, 0) is 12.1 Å². The first kappa shape index (κ1) is 16.6. The number of hydrogen-bond acceptors (Lipinski definition) is 5. The number of rotatable bonds is 5. The van der Waals surface area contributed by atoms with Crippen molar-refractivity contribution in [3.8, 4) is 0 Å². The first-order valence-electron chi connectivity index (χ1n) is 6.41. The highest BCUT2D eigenvalue weighted by molar-refractivity contribution is 6.33. The standard InChI is InChI=1S/C13H11ClFN5O3/c14-8-2-1-3-9(15)7(8)6-16-19-11(21)5-4-10-12(22)17-13(23)20-18-10/h1-3,6H,4-5H2,(H,19,21)(H2,17,20,22,23). The second kappa shape index (κ2) is 7.45. The quantitative estimate of drug-likeness (QED) is 0.537. The van der Waals surface area contributed by atoms with Gasteiger partial charge in [0.25, 0.3) is 5.56 Å². The highest BCUT2D eigenvalue weighted by atomic mass is 35.5. The van der Waals surface area contributed by atoms with Crippen molar-refractivity contribution >= 4 is 23.7 Å². The lowest BCUT2D eigenvalue weighted by Gasteiger charge is -2.01. The molecule has 0 atom stereocenters. The number of carbonyl (C=O) groups is 1. The molecule has 0 aliphatic heterocycles. The van der Waals surface area contributed by atoms with Crippen LogP contribution in [0.15, 0.2) is 32.9 Å². The van der Waals surface area contributed by atoms with Gasteiger partial charge in [0.15, 0.2) is 0 Å². The summed E-state index contributed by atoms with van der Waals surface area (Å²) in [6, 6.07) is 4.15. The van der Waals surface area contributed by atoms with Crippen LogP contribution in [0.2, 0.25) is 5.02 Å². The second-order valence-electron chi connectivity index (χ2n) is 4.38. The van der Waals surface area contributed by atoms with Crippen LogP contribution in [0.3, 0.4) is 0 Å². The summed E-state index contributed by atoms with van der Waals surface area (Å²) in [5.41, 5.74) is 0.853. The molecule has 8 nitrogen and oxygen atoms in total. The summed E-state index contributed by atoms with van der Waals surface area (Å²) >= 11 is 5.80. The summed E-state index contributed by atoms with van der Waals surface area (Å²) in [7, 11) is 0. The van der Waals surface area contributed by atoms with E-state index < -0.39 is 23.0 Å². The second-order valence-corrected chi connectivity index (χ2v) is 4.79. The molecule has 0 aliphatic carbocycles. The smallest absolute Gasteiger partial charge is 0.273 e. The van der Waals surface area contributed by atoms with E-state index in [0.717, 1.165) is 6.21 Å². The molecule has 0 radical (unpaired) electrons. The highest BCUT2D eigenvalue weighted by Gasteiger charge is 2.07. The summed E-state index contributed by atoms with van der Waals surface area (Å²) in [6.07, 6.45) is 0.999. The maximum atomic E-state index is 13.5. The molecule has 0 fully saturated rings. The van der Waals surface area contributed by atoms with Crippen molar-refractivity contribution in [3.63, 3.8) is 0 Å². The molecule has 0 aliphatic rings. The van der Waals surface area contributed by atoms with Crippen LogP contribution < -0.4 is 16.7 Å². The fourth-order valence-electron chi connectivity index (χ4n) is 1.63. The number of amides is 1. The zero-order valence-electron chi connectivity index (χ0n) is 11.6. The van der Waals surface area contributed by atoms with E-state index in [2.05, 4.69) is 20.7 Å². The van der Waals surface area contributed by atoms with Crippen LogP contribution in [0.5, 0.6) is 0 Å². The number of aromatic nitrogens is 3. The minimum Gasteiger partial charge on any atom is -0.273 e. The Morgan fingerprint density at radius 1 is 1.43 bits per heavy atom. The topological polar surface area (TPSA) is 120 Å². The largest absolute Gasteiger partial charge is 0.342 e. The van der Waals surface area contributed by atoms with Gasteiger partial charge in [-0.25, -0.2) is 19.7 Å². The molecule has 1 heterocycles. The molecular formula is C13H11ClFN5O3. The molecule has 120 valence electrons. The van der Waals surface area contributed by atoms with E-state index in [9.17, 15) is 18.8 Å².